The maximum absolute atomic E-state index is 5.70. The molecular formula is C10H17N3S. The second-order valence-corrected chi connectivity index (χ2v) is 4.61. The van der Waals surface area contributed by atoms with Gasteiger partial charge in [-0.2, -0.15) is 0 Å². The first kappa shape index (κ1) is 11.2. The predicted molar refractivity (Wildman–Crippen MR) is 64.5 cm³/mol. The Bertz CT molecular complexity index is 299. The summed E-state index contributed by atoms with van der Waals surface area (Å²) in [6, 6.07) is 5.79. The van der Waals surface area contributed by atoms with Gasteiger partial charge in [0.2, 0.25) is 0 Å². The summed E-state index contributed by atoms with van der Waals surface area (Å²) >= 11 is 1.79. The predicted octanol–water partition coefficient (Wildman–Crippen LogP) is 1.50. The third-order valence-corrected chi connectivity index (χ3v) is 2.84. The van der Waals surface area contributed by atoms with E-state index in [4.69, 9.17) is 11.5 Å². The van der Waals surface area contributed by atoms with Crippen LogP contribution in [0.5, 0.6) is 0 Å². The second-order valence-electron chi connectivity index (χ2n) is 3.44. The Hall–Kier alpha value is -0.870. The molecule has 4 N–H and O–H groups in total. The van der Waals surface area contributed by atoms with E-state index in [0.29, 0.717) is 11.4 Å². The quantitative estimate of drug-likeness (QED) is 0.585. The maximum atomic E-state index is 5.70. The highest BCUT2D eigenvalue weighted by molar-refractivity contribution is 7.99. The standard InChI is InChI=1S/C10H17N3S/c1-13(2)5-6-14-8-3-4-9(11)10(12)7-8/h3-4,7H,5-6,11-12H2,1-2H3. The van der Waals surface area contributed by atoms with Gasteiger partial charge in [-0.3, -0.25) is 0 Å². The van der Waals surface area contributed by atoms with Gasteiger partial charge < -0.3 is 16.4 Å². The number of rotatable bonds is 4. The van der Waals surface area contributed by atoms with Crippen molar-refractivity contribution in [1.29, 1.82) is 0 Å². The SMILES string of the molecule is CN(C)CCSc1ccc(N)c(N)c1. The van der Waals surface area contributed by atoms with Crippen LogP contribution in [-0.4, -0.2) is 31.3 Å². The Morgan fingerprint density at radius 3 is 2.50 bits per heavy atom. The zero-order valence-electron chi connectivity index (χ0n) is 8.66. The number of nitrogens with zero attached hydrogens (tertiary/aromatic N) is 1. The average Bonchev–Trinajstić information content (AvgIpc) is 2.10. The summed E-state index contributed by atoms with van der Waals surface area (Å²) in [5.74, 6) is 1.07. The minimum atomic E-state index is 0.655. The van der Waals surface area contributed by atoms with E-state index in [2.05, 4.69) is 19.0 Å². The van der Waals surface area contributed by atoms with Gasteiger partial charge in [0.25, 0.3) is 0 Å². The summed E-state index contributed by atoms with van der Waals surface area (Å²) in [5, 5.41) is 0. The Morgan fingerprint density at radius 2 is 1.93 bits per heavy atom. The van der Waals surface area contributed by atoms with Crippen molar-refractivity contribution in [1.82, 2.24) is 4.90 Å². The lowest BCUT2D eigenvalue weighted by Gasteiger charge is -2.09. The van der Waals surface area contributed by atoms with E-state index in [1.54, 1.807) is 11.8 Å². The average molecular weight is 211 g/mol. The fourth-order valence-corrected chi connectivity index (χ4v) is 2.06. The van der Waals surface area contributed by atoms with Crippen LogP contribution in [0.4, 0.5) is 11.4 Å². The second kappa shape index (κ2) is 5.12. The molecule has 3 nitrogen and oxygen atoms in total. The van der Waals surface area contributed by atoms with Crippen LogP contribution in [0.1, 0.15) is 0 Å². The molecule has 0 unspecified atom stereocenters. The van der Waals surface area contributed by atoms with E-state index in [-0.39, 0.29) is 0 Å². The van der Waals surface area contributed by atoms with E-state index < -0.39 is 0 Å². The molecule has 0 fully saturated rings. The number of hydrogen-bond acceptors (Lipinski definition) is 4. The molecule has 0 spiro atoms. The molecule has 1 aromatic carbocycles. The van der Waals surface area contributed by atoms with Crippen molar-refractivity contribution < 1.29 is 0 Å². The van der Waals surface area contributed by atoms with Gasteiger partial charge in [0.1, 0.15) is 0 Å². The highest BCUT2D eigenvalue weighted by atomic mass is 32.2. The van der Waals surface area contributed by atoms with Crippen LogP contribution in [0.2, 0.25) is 0 Å². The normalized spacial score (nSPS) is 10.8. The smallest absolute Gasteiger partial charge is 0.0559 e. The molecule has 0 aliphatic heterocycles. The van der Waals surface area contributed by atoms with E-state index in [1.165, 1.54) is 4.90 Å². The van der Waals surface area contributed by atoms with Gasteiger partial charge in [0.15, 0.2) is 0 Å². The first-order valence-electron chi connectivity index (χ1n) is 4.52. The molecule has 14 heavy (non-hydrogen) atoms. The van der Waals surface area contributed by atoms with Crippen LogP contribution in [0.25, 0.3) is 0 Å². The van der Waals surface area contributed by atoms with E-state index in [1.807, 2.05) is 18.2 Å². The lowest BCUT2D eigenvalue weighted by Crippen LogP contribution is -2.14. The van der Waals surface area contributed by atoms with Gasteiger partial charge in [0, 0.05) is 17.2 Å². The number of anilines is 2. The molecule has 0 saturated heterocycles. The largest absolute Gasteiger partial charge is 0.397 e. The molecule has 0 aliphatic rings. The minimum Gasteiger partial charge on any atom is -0.397 e. The van der Waals surface area contributed by atoms with Gasteiger partial charge in [-0.05, 0) is 32.3 Å². The van der Waals surface area contributed by atoms with Gasteiger partial charge in [0.05, 0.1) is 11.4 Å². The van der Waals surface area contributed by atoms with Crippen LogP contribution in [0.15, 0.2) is 23.1 Å². The molecule has 1 rings (SSSR count). The molecular weight excluding hydrogens is 194 g/mol. The van der Waals surface area contributed by atoms with Crippen molar-refractivity contribution in [3.8, 4) is 0 Å². The highest BCUT2D eigenvalue weighted by Crippen LogP contribution is 2.24. The summed E-state index contributed by atoms with van der Waals surface area (Å²) in [7, 11) is 4.13. The molecule has 0 aliphatic carbocycles. The van der Waals surface area contributed by atoms with Crippen LogP contribution >= 0.6 is 11.8 Å². The van der Waals surface area contributed by atoms with Crippen molar-refractivity contribution in [2.24, 2.45) is 0 Å². The van der Waals surface area contributed by atoms with Crippen molar-refractivity contribution in [2.75, 3.05) is 37.9 Å². The molecule has 78 valence electrons. The molecule has 0 saturated carbocycles. The summed E-state index contributed by atoms with van der Waals surface area (Å²) < 4.78 is 0. The van der Waals surface area contributed by atoms with Crippen molar-refractivity contribution in [3.05, 3.63) is 18.2 Å². The fraction of sp³-hybridized carbons (Fsp3) is 0.400. The summed E-state index contributed by atoms with van der Waals surface area (Å²) in [6.45, 7) is 1.06. The molecule has 1 aromatic rings. The van der Waals surface area contributed by atoms with Gasteiger partial charge >= 0.3 is 0 Å². The molecule has 4 heteroatoms. The van der Waals surface area contributed by atoms with E-state index in [9.17, 15) is 0 Å². The zero-order valence-corrected chi connectivity index (χ0v) is 9.47. The maximum Gasteiger partial charge on any atom is 0.0559 e. The zero-order chi connectivity index (χ0) is 10.6. The molecule has 0 atom stereocenters. The highest BCUT2D eigenvalue weighted by Gasteiger charge is 1.98. The topological polar surface area (TPSA) is 55.3 Å². The molecule has 0 amide bonds. The van der Waals surface area contributed by atoms with Crippen LogP contribution in [-0.2, 0) is 0 Å². The van der Waals surface area contributed by atoms with Crippen molar-refractivity contribution >= 4 is 23.1 Å². The van der Waals surface area contributed by atoms with Crippen LogP contribution in [0, 0.1) is 0 Å². The van der Waals surface area contributed by atoms with Crippen molar-refractivity contribution in [3.63, 3.8) is 0 Å². The van der Waals surface area contributed by atoms with Crippen LogP contribution < -0.4 is 11.5 Å². The summed E-state index contributed by atoms with van der Waals surface area (Å²) in [5.41, 5.74) is 12.6. The lowest BCUT2D eigenvalue weighted by molar-refractivity contribution is 0.437. The Labute approximate surface area is 89.5 Å². The summed E-state index contributed by atoms with van der Waals surface area (Å²) in [6.07, 6.45) is 0. The Morgan fingerprint density at radius 1 is 1.21 bits per heavy atom. The van der Waals surface area contributed by atoms with E-state index >= 15 is 0 Å². The van der Waals surface area contributed by atoms with Gasteiger partial charge in [-0.25, -0.2) is 0 Å². The number of hydrogen-bond donors (Lipinski definition) is 2. The van der Waals surface area contributed by atoms with E-state index in [0.717, 1.165) is 12.3 Å². The summed E-state index contributed by atoms with van der Waals surface area (Å²) in [4.78, 5) is 3.34. The van der Waals surface area contributed by atoms with Crippen molar-refractivity contribution in [2.45, 2.75) is 4.90 Å². The Kier molecular flexibility index (Phi) is 4.10. The first-order valence-corrected chi connectivity index (χ1v) is 5.50. The molecule has 0 bridgehead atoms. The third kappa shape index (κ3) is 3.47. The minimum absolute atomic E-state index is 0.655. The number of benzene rings is 1. The van der Waals surface area contributed by atoms with Gasteiger partial charge in [-0.1, -0.05) is 0 Å². The third-order valence-electron chi connectivity index (χ3n) is 1.87. The Balaban J connectivity index is 2.47. The number of nitrogen functional groups attached to an aromatic ring is 2. The van der Waals surface area contributed by atoms with Gasteiger partial charge in [-0.15, -0.1) is 11.8 Å². The fourth-order valence-electron chi connectivity index (χ4n) is 0.989. The molecule has 0 radical (unpaired) electrons. The van der Waals surface area contributed by atoms with Crippen LogP contribution in [0.3, 0.4) is 0 Å². The number of thioether (sulfide) groups is 1. The number of nitrogens with two attached hydrogens (primary N) is 2. The first-order chi connectivity index (χ1) is 6.59. The molecule has 0 heterocycles. The monoisotopic (exact) mass is 211 g/mol. The lowest BCUT2D eigenvalue weighted by atomic mass is 10.3. The molecule has 0 aromatic heterocycles.